The van der Waals surface area contributed by atoms with Crippen LogP contribution in [-0.2, 0) is 16.0 Å². The second-order valence-corrected chi connectivity index (χ2v) is 6.16. The summed E-state index contributed by atoms with van der Waals surface area (Å²) in [6.07, 6.45) is 2.23. The standard InChI is InChI=1S/C19H30N4O3/c1-3-20-19(21-9-11-25-2)23-13-15-6-4-7-16(12-15)18(24)22-14-17-8-5-10-26-17/h4,6-7,12,17H,3,5,8-11,13-14H2,1-2H3,(H,22,24)(H2,20,21,23). The van der Waals surface area contributed by atoms with Crippen molar-refractivity contribution < 1.29 is 14.3 Å². The zero-order valence-electron chi connectivity index (χ0n) is 15.7. The van der Waals surface area contributed by atoms with Crippen LogP contribution in [0.4, 0.5) is 0 Å². The van der Waals surface area contributed by atoms with Gasteiger partial charge in [0.2, 0.25) is 0 Å². The summed E-state index contributed by atoms with van der Waals surface area (Å²) in [7, 11) is 1.67. The highest BCUT2D eigenvalue weighted by molar-refractivity contribution is 5.94. The lowest BCUT2D eigenvalue weighted by Crippen LogP contribution is -2.38. The molecule has 1 aromatic rings. The Morgan fingerprint density at radius 2 is 2.23 bits per heavy atom. The molecule has 7 nitrogen and oxygen atoms in total. The average molecular weight is 362 g/mol. The van der Waals surface area contributed by atoms with Gasteiger partial charge in [-0.3, -0.25) is 4.79 Å². The minimum absolute atomic E-state index is 0.0727. The molecule has 0 saturated carbocycles. The zero-order valence-corrected chi connectivity index (χ0v) is 15.7. The van der Waals surface area contributed by atoms with Crippen LogP contribution in [0.3, 0.4) is 0 Å². The summed E-state index contributed by atoms with van der Waals surface area (Å²) in [6.45, 7) is 5.96. The molecule has 3 N–H and O–H groups in total. The lowest BCUT2D eigenvalue weighted by Gasteiger charge is -2.12. The highest BCUT2D eigenvalue weighted by atomic mass is 16.5. The fraction of sp³-hybridized carbons (Fsp3) is 0.579. The molecule has 1 aliphatic heterocycles. The molecule has 0 spiro atoms. The number of carbonyl (C=O) groups excluding carboxylic acids is 1. The number of nitrogens with zero attached hydrogens (tertiary/aromatic N) is 1. The first-order chi connectivity index (χ1) is 12.7. The molecule has 1 aromatic carbocycles. The molecule has 1 saturated heterocycles. The maximum atomic E-state index is 12.3. The number of methoxy groups -OCH3 is 1. The smallest absolute Gasteiger partial charge is 0.251 e. The molecular formula is C19H30N4O3. The Morgan fingerprint density at radius 1 is 1.35 bits per heavy atom. The van der Waals surface area contributed by atoms with Crippen molar-refractivity contribution in [3.63, 3.8) is 0 Å². The number of aliphatic imine (C=N–C) groups is 1. The van der Waals surface area contributed by atoms with Crippen LogP contribution >= 0.6 is 0 Å². The van der Waals surface area contributed by atoms with Crippen molar-refractivity contribution in [1.29, 1.82) is 0 Å². The van der Waals surface area contributed by atoms with Gasteiger partial charge in [-0.15, -0.1) is 0 Å². The van der Waals surface area contributed by atoms with E-state index in [2.05, 4.69) is 20.9 Å². The fourth-order valence-electron chi connectivity index (χ4n) is 2.71. The molecule has 0 aromatic heterocycles. The predicted molar refractivity (Wildman–Crippen MR) is 102 cm³/mol. The fourth-order valence-corrected chi connectivity index (χ4v) is 2.71. The van der Waals surface area contributed by atoms with Crippen LogP contribution in [0.5, 0.6) is 0 Å². The summed E-state index contributed by atoms with van der Waals surface area (Å²) >= 11 is 0. The summed E-state index contributed by atoms with van der Waals surface area (Å²) in [5, 5.41) is 9.34. The maximum Gasteiger partial charge on any atom is 0.251 e. The van der Waals surface area contributed by atoms with Crippen molar-refractivity contribution in [2.24, 2.45) is 4.99 Å². The highest BCUT2D eigenvalue weighted by Gasteiger charge is 2.16. The number of ether oxygens (including phenoxy) is 2. The molecule has 144 valence electrons. The normalized spacial score (nSPS) is 17.2. The molecule has 0 radical (unpaired) electrons. The molecule has 0 bridgehead atoms. The molecule has 1 atom stereocenters. The van der Waals surface area contributed by atoms with Crippen molar-refractivity contribution in [1.82, 2.24) is 16.0 Å². The minimum atomic E-state index is -0.0727. The van der Waals surface area contributed by atoms with Crippen LogP contribution in [0.2, 0.25) is 0 Å². The van der Waals surface area contributed by atoms with E-state index < -0.39 is 0 Å². The Kier molecular flexibility index (Phi) is 8.92. The Hall–Kier alpha value is -2.12. The molecule has 26 heavy (non-hydrogen) atoms. The summed E-state index contributed by atoms with van der Waals surface area (Å²) in [6, 6.07) is 7.56. The number of rotatable bonds is 9. The van der Waals surface area contributed by atoms with Gasteiger partial charge in [0, 0.05) is 38.9 Å². The van der Waals surface area contributed by atoms with E-state index in [1.165, 1.54) is 0 Å². The monoisotopic (exact) mass is 362 g/mol. The minimum Gasteiger partial charge on any atom is -0.383 e. The largest absolute Gasteiger partial charge is 0.383 e. The summed E-state index contributed by atoms with van der Waals surface area (Å²) in [5.74, 6) is 0.661. The van der Waals surface area contributed by atoms with E-state index in [-0.39, 0.29) is 12.0 Å². The third kappa shape index (κ3) is 7.01. The predicted octanol–water partition coefficient (Wildman–Crippen LogP) is 1.30. The summed E-state index contributed by atoms with van der Waals surface area (Å²) in [4.78, 5) is 16.9. The number of hydrogen-bond donors (Lipinski definition) is 3. The molecule has 1 amide bonds. The van der Waals surface area contributed by atoms with Gasteiger partial charge in [0.05, 0.1) is 19.3 Å². The second kappa shape index (κ2) is 11.5. The first-order valence-electron chi connectivity index (χ1n) is 9.22. The van der Waals surface area contributed by atoms with E-state index in [1.807, 2.05) is 31.2 Å². The molecule has 1 heterocycles. The van der Waals surface area contributed by atoms with Gasteiger partial charge in [0.1, 0.15) is 0 Å². The van der Waals surface area contributed by atoms with Crippen LogP contribution in [0.25, 0.3) is 0 Å². The van der Waals surface area contributed by atoms with Crippen molar-refractivity contribution >= 4 is 11.9 Å². The highest BCUT2D eigenvalue weighted by Crippen LogP contribution is 2.11. The van der Waals surface area contributed by atoms with Gasteiger partial charge in [0.25, 0.3) is 5.91 Å². The van der Waals surface area contributed by atoms with Gasteiger partial charge >= 0.3 is 0 Å². The van der Waals surface area contributed by atoms with E-state index in [4.69, 9.17) is 9.47 Å². The first kappa shape index (κ1) is 20.2. The SMILES string of the molecule is CCNC(=NCc1cccc(C(=O)NCC2CCCO2)c1)NCCOC. The summed E-state index contributed by atoms with van der Waals surface area (Å²) < 4.78 is 10.6. The van der Waals surface area contributed by atoms with E-state index >= 15 is 0 Å². The Bertz CT molecular complexity index is 586. The Labute approximate surface area is 155 Å². The Balaban J connectivity index is 1.89. The lowest BCUT2D eigenvalue weighted by molar-refractivity contribution is 0.0857. The van der Waals surface area contributed by atoms with Crippen molar-refractivity contribution in [3.05, 3.63) is 35.4 Å². The van der Waals surface area contributed by atoms with Gasteiger partial charge in [-0.1, -0.05) is 12.1 Å². The van der Waals surface area contributed by atoms with Gasteiger partial charge in [-0.05, 0) is 37.5 Å². The average Bonchev–Trinajstić information content (AvgIpc) is 3.18. The van der Waals surface area contributed by atoms with Gasteiger partial charge in [-0.25, -0.2) is 4.99 Å². The number of amides is 1. The topological polar surface area (TPSA) is 84.0 Å². The molecule has 1 unspecified atom stereocenters. The van der Waals surface area contributed by atoms with Crippen molar-refractivity contribution in [2.45, 2.75) is 32.4 Å². The van der Waals surface area contributed by atoms with E-state index in [0.29, 0.717) is 31.8 Å². The number of benzene rings is 1. The van der Waals surface area contributed by atoms with Crippen LogP contribution in [0.15, 0.2) is 29.3 Å². The third-order valence-electron chi connectivity index (χ3n) is 4.07. The number of nitrogens with one attached hydrogen (secondary N) is 3. The number of carbonyl (C=O) groups is 1. The van der Waals surface area contributed by atoms with Gasteiger partial charge < -0.3 is 25.4 Å². The van der Waals surface area contributed by atoms with E-state index in [9.17, 15) is 4.79 Å². The summed E-state index contributed by atoms with van der Waals surface area (Å²) in [5.41, 5.74) is 1.63. The number of hydrogen-bond acceptors (Lipinski definition) is 4. The molecule has 1 aliphatic rings. The van der Waals surface area contributed by atoms with Crippen LogP contribution in [0.1, 0.15) is 35.7 Å². The van der Waals surface area contributed by atoms with Gasteiger partial charge in [0.15, 0.2) is 5.96 Å². The quantitative estimate of drug-likeness (QED) is 0.350. The van der Waals surface area contributed by atoms with Crippen molar-refractivity contribution in [2.75, 3.05) is 40.0 Å². The lowest BCUT2D eigenvalue weighted by atomic mass is 10.1. The molecule has 1 fully saturated rings. The van der Waals surface area contributed by atoms with Crippen LogP contribution in [-0.4, -0.2) is 57.9 Å². The second-order valence-electron chi connectivity index (χ2n) is 6.16. The molecular weight excluding hydrogens is 332 g/mol. The zero-order chi connectivity index (χ0) is 18.6. The molecule has 2 rings (SSSR count). The van der Waals surface area contributed by atoms with Crippen LogP contribution < -0.4 is 16.0 Å². The molecule has 0 aliphatic carbocycles. The van der Waals surface area contributed by atoms with Crippen LogP contribution in [0, 0.1) is 0 Å². The van der Waals surface area contributed by atoms with E-state index in [1.54, 1.807) is 7.11 Å². The number of guanidine groups is 1. The van der Waals surface area contributed by atoms with Gasteiger partial charge in [-0.2, -0.15) is 0 Å². The van der Waals surface area contributed by atoms with E-state index in [0.717, 1.165) is 37.5 Å². The molecule has 7 heteroatoms. The maximum absolute atomic E-state index is 12.3. The van der Waals surface area contributed by atoms with Crippen molar-refractivity contribution in [3.8, 4) is 0 Å². The third-order valence-corrected chi connectivity index (χ3v) is 4.07. The Morgan fingerprint density at radius 3 is 2.96 bits per heavy atom. The first-order valence-corrected chi connectivity index (χ1v) is 9.22.